The molecule has 3 rings (SSSR count). The molecular weight excluding hydrogens is 347 g/mol. The molecule has 0 saturated heterocycles. The summed E-state index contributed by atoms with van der Waals surface area (Å²) in [6.07, 6.45) is 3.49. The molecule has 1 heterocycles. The Morgan fingerprint density at radius 2 is 2.21 bits per heavy atom. The molecule has 0 aliphatic heterocycles. The Balaban J connectivity index is 1.91. The van der Waals surface area contributed by atoms with Crippen LogP contribution in [0.15, 0.2) is 18.2 Å². The average Bonchev–Trinajstić information content (AvgIpc) is 3.09. The highest BCUT2D eigenvalue weighted by molar-refractivity contribution is 6.35. The lowest BCUT2D eigenvalue weighted by molar-refractivity contribution is 0.0946. The summed E-state index contributed by atoms with van der Waals surface area (Å²) in [4.78, 5) is 12.5. The monoisotopic (exact) mass is 366 g/mol. The molecule has 0 spiro atoms. The van der Waals surface area contributed by atoms with Gasteiger partial charge in [-0.3, -0.25) is 4.79 Å². The molecule has 0 fully saturated rings. The minimum atomic E-state index is -0.155. The first-order valence-corrected chi connectivity index (χ1v) is 8.83. The van der Waals surface area contributed by atoms with Crippen molar-refractivity contribution in [2.75, 3.05) is 6.54 Å². The van der Waals surface area contributed by atoms with E-state index in [1.165, 1.54) is 0 Å². The number of nitrogens with two attached hydrogens (primary N) is 1. The fraction of sp³-hybridized carbons (Fsp3) is 0.412. The molecule has 3 N–H and O–H groups in total. The molecule has 1 aliphatic carbocycles. The van der Waals surface area contributed by atoms with Crippen molar-refractivity contribution in [1.82, 2.24) is 15.1 Å². The maximum absolute atomic E-state index is 12.5. The topological polar surface area (TPSA) is 72.9 Å². The summed E-state index contributed by atoms with van der Waals surface area (Å²) < 4.78 is 1.78. The molecule has 2 aromatic rings. The second kappa shape index (κ2) is 7.13. The summed E-state index contributed by atoms with van der Waals surface area (Å²) >= 11 is 12.3. The predicted octanol–water partition coefficient (Wildman–Crippen LogP) is 3.13. The fourth-order valence-electron chi connectivity index (χ4n) is 2.97. The van der Waals surface area contributed by atoms with E-state index in [0.717, 1.165) is 42.6 Å². The van der Waals surface area contributed by atoms with Crippen LogP contribution in [0.3, 0.4) is 0 Å². The van der Waals surface area contributed by atoms with Crippen molar-refractivity contribution in [2.45, 2.75) is 38.6 Å². The van der Waals surface area contributed by atoms with Gasteiger partial charge in [-0.15, -0.1) is 0 Å². The molecule has 0 saturated carbocycles. The van der Waals surface area contributed by atoms with Crippen LogP contribution in [0.5, 0.6) is 0 Å². The van der Waals surface area contributed by atoms with E-state index in [4.69, 9.17) is 28.9 Å². The van der Waals surface area contributed by atoms with Gasteiger partial charge in [-0.2, -0.15) is 5.10 Å². The molecule has 1 aromatic carbocycles. The van der Waals surface area contributed by atoms with Crippen LogP contribution in [0, 0.1) is 0 Å². The lowest BCUT2D eigenvalue weighted by Gasteiger charge is -2.08. The number of benzene rings is 1. The number of carbonyl (C=O) groups excluding carboxylic acids is 1. The van der Waals surface area contributed by atoms with Crippen LogP contribution >= 0.6 is 23.2 Å². The number of rotatable bonds is 5. The van der Waals surface area contributed by atoms with Crippen LogP contribution < -0.4 is 11.1 Å². The van der Waals surface area contributed by atoms with Gasteiger partial charge in [0.05, 0.1) is 10.7 Å². The van der Waals surface area contributed by atoms with E-state index < -0.39 is 0 Å². The van der Waals surface area contributed by atoms with Crippen molar-refractivity contribution < 1.29 is 4.79 Å². The number of halogens is 2. The molecular formula is C17H20Cl2N4O. The lowest BCUT2D eigenvalue weighted by atomic mass is 10.2. The zero-order valence-corrected chi connectivity index (χ0v) is 15.0. The number of carbonyl (C=O) groups is 1. The first-order valence-electron chi connectivity index (χ1n) is 8.07. The smallest absolute Gasteiger partial charge is 0.272 e. The number of hydrogen-bond acceptors (Lipinski definition) is 3. The predicted molar refractivity (Wildman–Crippen MR) is 96.2 cm³/mol. The number of amides is 1. The van der Waals surface area contributed by atoms with Gasteiger partial charge in [-0.1, -0.05) is 23.2 Å². The summed E-state index contributed by atoms with van der Waals surface area (Å²) in [5, 5.41) is 8.52. The van der Waals surface area contributed by atoms with E-state index in [2.05, 4.69) is 10.4 Å². The first-order chi connectivity index (χ1) is 11.5. The van der Waals surface area contributed by atoms with Crippen molar-refractivity contribution >= 4 is 29.1 Å². The first kappa shape index (κ1) is 17.3. The number of aromatic nitrogens is 2. The maximum Gasteiger partial charge on any atom is 0.272 e. The van der Waals surface area contributed by atoms with Gasteiger partial charge in [0.15, 0.2) is 5.69 Å². The Bertz CT molecular complexity index is 770. The van der Waals surface area contributed by atoms with Crippen molar-refractivity contribution in [2.24, 2.45) is 5.73 Å². The highest BCUT2D eigenvalue weighted by atomic mass is 35.5. The van der Waals surface area contributed by atoms with Gasteiger partial charge >= 0.3 is 0 Å². The summed E-state index contributed by atoms with van der Waals surface area (Å²) in [5.74, 6) is -0.155. The second-order valence-corrected chi connectivity index (χ2v) is 7.00. The van der Waals surface area contributed by atoms with E-state index >= 15 is 0 Å². The second-order valence-electron chi connectivity index (χ2n) is 6.16. The van der Waals surface area contributed by atoms with Gasteiger partial charge in [-0.25, -0.2) is 4.68 Å². The Morgan fingerprint density at radius 3 is 2.92 bits per heavy atom. The van der Waals surface area contributed by atoms with Gasteiger partial charge in [0.1, 0.15) is 0 Å². The van der Waals surface area contributed by atoms with Crippen LogP contribution in [0.1, 0.15) is 41.5 Å². The third-order valence-electron chi connectivity index (χ3n) is 4.17. The minimum Gasteiger partial charge on any atom is -0.351 e. The number of fused-ring (bicyclic) bond motifs is 1. The van der Waals surface area contributed by atoms with Crippen LogP contribution in [-0.4, -0.2) is 28.3 Å². The van der Waals surface area contributed by atoms with Gasteiger partial charge < -0.3 is 11.1 Å². The van der Waals surface area contributed by atoms with Gasteiger partial charge in [0.2, 0.25) is 0 Å². The molecule has 1 unspecified atom stereocenters. The largest absolute Gasteiger partial charge is 0.351 e. The van der Waals surface area contributed by atoms with Crippen molar-refractivity contribution in [3.63, 3.8) is 0 Å². The molecule has 128 valence electrons. The molecule has 7 heteroatoms. The standard InChI is InChI=1S/C17H20Cl2N4O/c1-10(20)7-8-21-17(24)16-12-3-2-4-14(12)23(22-16)15-6-5-11(18)9-13(15)19/h5-6,9-10H,2-4,7-8,20H2,1H3,(H,21,24). The third-order valence-corrected chi connectivity index (χ3v) is 4.71. The summed E-state index contributed by atoms with van der Waals surface area (Å²) in [7, 11) is 0. The quantitative estimate of drug-likeness (QED) is 0.853. The van der Waals surface area contributed by atoms with E-state index in [0.29, 0.717) is 22.3 Å². The molecule has 1 atom stereocenters. The van der Waals surface area contributed by atoms with Crippen molar-refractivity contribution in [1.29, 1.82) is 0 Å². The summed E-state index contributed by atoms with van der Waals surface area (Å²) in [6.45, 7) is 2.46. The van der Waals surface area contributed by atoms with E-state index in [9.17, 15) is 4.79 Å². The van der Waals surface area contributed by atoms with E-state index in [1.807, 2.05) is 13.0 Å². The molecule has 1 amide bonds. The molecule has 5 nitrogen and oxygen atoms in total. The van der Waals surface area contributed by atoms with E-state index in [1.54, 1.807) is 16.8 Å². The van der Waals surface area contributed by atoms with Crippen molar-refractivity contribution in [3.8, 4) is 5.69 Å². The van der Waals surface area contributed by atoms with Crippen LogP contribution in [0.25, 0.3) is 5.69 Å². The summed E-state index contributed by atoms with van der Waals surface area (Å²) in [5.41, 5.74) is 9.01. The van der Waals surface area contributed by atoms with Gasteiger partial charge in [0, 0.05) is 28.9 Å². The zero-order valence-electron chi connectivity index (χ0n) is 13.5. The highest BCUT2D eigenvalue weighted by Crippen LogP contribution is 2.31. The number of nitrogens with zero attached hydrogens (tertiary/aromatic N) is 2. The Morgan fingerprint density at radius 1 is 1.42 bits per heavy atom. The summed E-state index contributed by atoms with van der Waals surface area (Å²) in [6, 6.07) is 5.34. The zero-order chi connectivity index (χ0) is 17.3. The van der Waals surface area contributed by atoms with Gasteiger partial charge in [-0.05, 0) is 50.8 Å². The fourth-order valence-corrected chi connectivity index (χ4v) is 3.46. The van der Waals surface area contributed by atoms with Crippen LogP contribution in [0.4, 0.5) is 0 Å². The third kappa shape index (κ3) is 3.43. The molecule has 0 bridgehead atoms. The number of nitrogens with one attached hydrogen (secondary N) is 1. The molecule has 24 heavy (non-hydrogen) atoms. The Hall–Kier alpha value is -1.56. The van der Waals surface area contributed by atoms with Gasteiger partial charge in [0.25, 0.3) is 5.91 Å². The molecule has 1 aliphatic rings. The van der Waals surface area contributed by atoms with Crippen LogP contribution in [-0.2, 0) is 12.8 Å². The Labute approximate surface area is 151 Å². The normalized spacial score (nSPS) is 14.5. The highest BCUT2D eigenvalue weighted by Gasteiger charge is 2.27. The van der Waals surface area contributed by atoms with Crippen molar-refractivity contribution in [3.05, 3.63) is 45.2 Å². The lowest BCUT2D eigenvalue weighted by Crippen LogP contribution is -2.29. The Kier molecular flexibility index (Phi) is 5.13. The average molecular weight is 367 g/mol. The number of hydrogen-bond donors (Lipinski definition) is 2. The SMILES string of the molecule is CC(N)CCNC(=O)c1nn(-c2ccc(Cl)cc2Cl)c2c1CCC2. The maximum atomic E-state index is 12.5. The minimum absolute atomic E-state index is 0.0569. The van der Waals surface area contributed by atoms with E-state index in [-0.39, 0.29) is 11.9 Å². The molecule has 0 radical (unpaired) electrons. The van der Waals surface area contributed by atoms with Crippen LogP contribution in [0.2, 0.25) is 10.0 Å². The molecule has 1 aromatic heterocycles.